The fourth-order valence-corrected chi connectivity index (χ4v) is 6.32. The van der Waals surface area contributed by atoms with Gasteiger partial charge < -0.3 is 19.9 Å². The number of nitrogens with one attached hydrogen (secondary N) is 3. The molecule has 2 atom stereocenters. The summed E-state index contributed by atoms with van der Waals surface area (Å²) < 4.78 is 27.6. The molecule has 0 fully saturated rings. The molecule has 0 radical (unpaired) electrons. The zero-order valence-electron chi connectivity index (χ0n) is 26.6. The van der Waals surface area contributed by atoms with E-state index in [0.29, 0.717) is 23.6 Å². The molecule has 0 bridgehead atoms. The van der Waals surface area contributed by atoms with Crippen LogP contribution in [0.5, 0.6) is 0 Å². The van der Waals surface area contributed by atoms with Crippen LogP contribution in [0, 0.1) is 12.7 Å². The molecule has 48 heavy (non-hydrogen) atoms. The quantitative estimate of drug-likeness (QED) is 0.204. The highest BCUT2D eigenvalue weighted by Gasteiger charge is 2.36. The van der Waals surface area contributed by atoms with Crippen molar-refractivity contribution in [3.05, 3.63) is 81.1 Å². The number of pyridine rings is 2. The lowest BCUT2D eigenvalue weighted by molar-refractivity contribution is -0.124. The molecule has 14 nitrogen and oxygen atoms in total. The van der Waals surface area contributed by atoms with Crippen molar-refractivity contribution in [3.63, 3.8) is 0 Å². The second kappa shape index (κ2) is 12.6. The summed E-state index contributed by atoms with van der Waals surface area (Å²) in [5, 5.41) is 12.3. The van der Waals surface area contributed by atoms with Gasteiger partial charge in [-0.1, -0.05) is 12.1 Å². The number of hydrogen-bond donors (Lipinski definition) is 3. The Kier molecular flexibility index (Phi) is 8.51. The first-order chi connectivity index (χ1) is 22.8. The van der Waals surface area contributed by atoms with Gasteiger partial charge in [-0.25, -0.2) is 14.8 Å². The fourth-order valence-electron chi connectivity index (χ4n) is 5.31. The van der Waals surface area contributed by atoms with Gasteiger partial charge in [-0.15, -0.1) is 11.3 Å². The van der Waals surface area contributed by atoms with E-state index in [9.17, 15) is 19.2 Å². The van der Waals surface area contributed by atoms with Crippen LogP contribution >= 0.6 is 11.3 Å². The predicted molar refractivity (Wildman–Crippen MR) is 174 cm³/mol. The van der Waals surface area contributed by atoms with Crippen molar-refractivity contribution in [2.24, 2.45) is 0 Å². The van der Waals surface area contributed by atoms with Crippen LogP contribution in [0.15, 0.2) is 52.3 Å². The van der Waals surface area contributed by atoms with Gasteiger partial charge in [0.25, 0.3) is 11.5 Å². The van der Waals surface area contributed by atoms with Gasteiger partial charge in [0.2, 0.25) is 23.2 Å². The molecule has 5 aromatic rings. The Morgan fingerprint density at radius 1 is 1.10 bits per heavy atom. The third-order valence-corrected chi connectivity index (χ3v) is 8.51. The van der Waals surface area contributed by atoms with Crippen molar-refractivity contribution in [2.75, 3.05) is 10.6 Å². The van der Waals surface area contributed by atoms with Crippen LogP contribution in [0.25, 0.3) is 21.4 Å². The first-order valence-corrected chi connectivity index (χ1v) is 15.7. The number of carbonyl (C=O) groups is 3. The molecule has 0 saturated heterocycles. The minimum Gasteiger partial charge on any atom is -0.444 e. The van der Waals surface area contributed by atoms with Crippen LogP contribution in [0.3, 0.4) is 0 Å². The Labute approximate surface area is 276 Å². The molecule has 6 rings (SSSR count). The van der Waals surface area contributed by atoms with Gasteiger partial charge in [0, 0.05) is 45.0 Å². The topological polar surface area (TPSA) is 183 Å². The van der Waals surface area contributed by atoms with Crippen molar-refractivity contribution in [2.45, 2.75) is 65.1 Å². The van der Waals surface area contributed by atoms with Crippen molar-refractivity contribution in [1.29, 1.82) is 0 Å². The second-order valence-corrected chi connectivity index (χ2v) is 13.6. The number of carbonyl (C=O) groups excluding carboxylic acids is 3. The van der Waals surface area contributed by atoms with Gasteiger partial charge in [0.05, 0.1) is 12.7 Å². The first-order valence-electron chi connectivity index (χ1n) is 14.9. The van der Waals surface area contributed by atoms with Crippen molar-refractivity contribution in [1.82, 2.24) is 30.0 Å². The highest BCUT2D eigenvalue weighted by atomic mass is 32.1. The standard InChI is InChI=1S/C32H31FN8O6S/c1-15-6-18(11-34-10-15)26-24(33)25(40-47-26)29(43)38-20-14-36-27-16(2)7-21(41(27)30(20)44)28(42)37-13-19-8-17-12-35-23(9-22(17)48-19)39-31(45)46-32(3,4)5/h6,8-12,14,16,21H,7,13H2,1-5H3,(H,37,42)(H,38,43)(H,35,39,45)/t16-,21+/m1/s1. The number of halogens is 1. The molecule has 6 heterocycles. The van der Waals surface area contributed by atoms with Crippen LogP contribution < -0.4 is 21.5 Å². The first kappa shape index (κ1) is 32.4. The van der Waals surface area contributed by atoms with E-state index in [1.165, 1.54) is 28.3 Å². The van der Waals surface area contributed by atoms with Gasteiger partial charge in [-0.3, -0.25) is 29.3 Å². The summed E-state index contributed by atoms with van der Waals surface area (Å²) in [5.74, 6) is -2.20. The minimum atomic E-state index is -1.02. The van der Waals surface area contributed by atoms with Gasteiger partial charge in [0.1, 0.15) is 29.0 Å². The Morgan fingerprint density at radius 2 is 1.90 bits per heavy atom. The van der Waals surface area contributed by atoms with Crippen LogP contribution in [0.1, 0.15) is 72.8 Å². The number of aromatic nitrogens is 5. The lowest BCUT2D eigenvalue weighted by Crippen LogP contribution is -2.36. The number of amides is 3. The number of rotatable bonds is 7. The normalized spacial score (nSPS) is 15.6. The molecule has 0 saturated carbocycles. The summed E-state index contributed by atoms with van der Waals surface area (Å²) in [7, 11) is 0. The molecule has 248 valence electrons. The van der Waals surface area contributed by atoms with Gasteiger partial charge >= 0.3 is 6.09 Å². The molecule has 0 spiro atoms. The van der Waals surface area contributed by atoms with E-state index in [1.54, 1.807) is 52.2 Å². The summed E-state index contributed by atoms with van der Waals surface area (Å²) in [5.41, 5.74) is -1.16. The Morgan fingerprint density at radius 3 is 2.65 bits per heavy atom. The van der Waals surface area contributed by atoms with Crippen LogP contribution in [0.2, 0.25) is 0 Å². The van der Waals surface area contributed by atoms with Gasteiger partial charge in [0.15, 0.2) is 0 Å². The summed E-state index contributed by atoms with van der Waals surface area (Å²) in [6, 6.07) is 4.33. The molecule has 1 aliphatic rings. The fraction of sp³-hybridized carbons (Fsp3) is 0.312. The highest BCUT2D eigenvalue weighted by molar-refractivity contribution is 7.19. The van der Waals surface area contributed by atoms with E-state index in [-0.39, 0.29) is 23.9 Å². The highest BCUT2D eigenvalue weighted by Crippen LogP contribution is 2.34. The van der Waals surface area contributed by atoms with Crippen LogP contribution in [-0.4, -0.2) is 48.2 Å². The van der Waals surface area contributed by atoms with Gasteiger partial charge in [-0.2, -0.15) is 4.39 Å². The number of ether oxygens (including phenoxy) is 1. The lowest BCUT2D eigenvalue weighted by Gasteiger charge is -2.19. The predicted octanol–water partition coefficient (Wildman–Crippen LogP) is 5.31. The van der Waals surface area contributed by atoms with Crippen molar-refractivity contribution < 1.29 is 28.0 Å². The number of hydrogen-bond acceptors (Lipinski definition) is 11. The second-order valence-electron chi connectivity index (χ2n) is 12.4. The zero-order valence-corrected chi connectivity index (χ0v) is 27.4. The molecule has 0 aliphatic carbocycles. The molecule has 3 N–H and O–H groups in total. The zero-order chi connectivity index (χ0) is 34.3. The van der Waals surface area contributed by atoms with Crippen LogP contribution in [-0.2, 0) is 16.1 Å². The average Bonchev–Trinajstić information content (AvgIpc) is 3.71. The third-order valence-electron chi connectivity index (χ3n) is 7.41. The largest absolute Gasteiger partial charge is 0.444 e. The Bertz CT molecular complexity index is 2130. The average molecular weight is 675 g/mol. The summed E-state index contributed by atoms with van der Waals surface area (Å²) in [6.45, 7) is 9.09. The number of aryl methyl sites for hydroxylation is 1. The number of nitrogens with zero attached hydrogens (tertiary/aromatic N) is 5. The summed E-state index contributed by atoms with van der Waals surface area (Å²) in [4.78, 5) is 65.5. The van der Waals surface area contributed by atoms with E-state index in [4.69, 9.17) is 9.26 Å². The molecular weight excluding hydrogens is 643 g/mol. The lowest BCUT2D eigenvalue weighted by atomic mass is 10.1. The minimum absolute atomic E-state index is 0.177. The van der Waals surface area contributed by atoms with Crippen molar-refractivity contribution in [3.8, 4) is 11.3 Å². The van der Waals surface area contributed by atoms with E-state index in [1.807, 2.05) is 13.0 Å². The summed E-state index contributed by atoms with van der Waals surface area (Å²) in [6.07, 6.45) is 5.45. The van der Waals surface area contributed by atoms with Crippen LogP contribution in [0.4, 0.5) is 20.7 Å². The molecule has 5 aromatic heterocycles. The molecule has 0 aromatic carbocycles. The summed E-state index contributed by atoms with van der Waals surface area (Å²) >= 11 is 1.41. The molecule has 16 heteroatoms. The third kappa shape index (κ3) is 6.64. The molecule has 0 unspecified atom stereocenters. The van der Waals surface area contributed by atoms with Gasteiger partial charge in [-0.05, 0) is 57.9 Å². The SMILES string of the molecule is Cc1cncc(-c2onc(C(=O)Nc3cnc4n(c3=O)[C@H](C(=O)NCc3cc5cnc(NC(=O)OC(C)(C)C)cc5s3)C[C@H]4C)c2F)c1. The number of thiophene rings is 1. The number of fused-ring (bicyclic) bond motifs is 2. The molecule has 3 amide bonds. The van der Waals surface area contributed by atoms with Crippen molar-refractivity contribution >= 4 is 50.8 Å². The maximum Gasteiger partial charge on any atom is 0.413 e. The monoisotopic (exact) mass is 674 g/mol. The number of anilines is 2. The molecule has 1 aliphatic heterocycles. The maximum atomic E-state index is 15.1. The Hall–Kier alpha value is -5.51. The van der Waals surface area contributed by atoms with E-state index >= 15 is 4.39 Å². The van der Waals surface area contributed by atoms with E-state index < -0.39 is 46.6 Å². The Balaban J connectivity index is 1.15. The maximum absolute atomic E-state index is 15.1. The molecular formula is C32H31FN8O6S. The smallest absolute Gasteiger partial charge is 0.413 e. The van der Waals surface area contributed by atoms with E-state index in [0.717, 1.165) is 20.5 Å². The van der Waals surface area contributed by atoms with E-state index in [2.05, 4.69) is 36.1 Å².